The van der Waals surface area contributed by atoms with Gasteiger partial charge in [-0.05, 0) is 49.0 Å². The Balaban J connectivity index is 1.32. The van der Waals surface area contributed by atoms with Gasteiger partial charge >= 0.3 is 6.09 Å². The highest BCUT2D eigenvalue weighted by molar-refractivity contribution is 5.79. The van der Waals surface area contributed by atoms with Crippen LogP contribution in [0, 0.1) is 17.0 Å². The summed E-state index contributed by atoms with van der Waals surface area (Å²) in [4.78, 5) is 27.6. The standard InChI is InChI=1S/C19H23F2N3O3/c20-15-2-1-13(7-16(15)21)10-24-12-19(8-17(24)25)3-5-23(6-4-19)11-14-9-22-18(26)27-14/h1-2,7,14H,3-6,8-12H2,(H,22,26)/t14-/m1/s1. The lowest BCUT2D eigenvalue weighted by atomic mass is 9.77. The Morgan fingerprint density at radius 3 is 2.63 bits per heavy atom. The van der Waals surface area contributed by atoms with Crippen LogP contribution in [0.25, 0.3) is 0 Å². The molecule has 27 heavy (non-hydrogen) atoms. The minimum atomic E-state index is -0.885. The van der Waals surface area contributed by atoms with Crippen molar-refractivity contribution >= 4 is 12.0 Å². The molecule has 8 heteroatoms. The number of cyclic esters (lactones) is 1. The van der Waals surface area contributed by atoms with E-state index in [0.717, 1.165) is 38.1 Å². The van der Waals surface area contributed by atoms with E-state index >= 15 is 0 Å². The van der Waals surface area contributed by atoms with Crippen molar-refractivity contribution in [1.82, 2.24) is 15.1 Å². The fourth-order valence-electron chi connectivity index (χ4n) is 4.35. The van der Waals surface area contributed by atoms with Gasteiger partial charge in [0.1, 0.15) is 6.10 Å². The summed E-state index contributed by atoms with van der Waals surface area (Å²) in [5.41, 5.74) is 0.559. The highest BCUT2D eigenvalue weighted by Gasteiger charge is 2.45. The van der Waals surface area contributed by atoms with Gasteiger partial charge in [0.15, 0.2) is 11.6 Å². The fraction of sp³-hybridized carbons (Fsp3) is 0.579. The zero-order chi connectivity index (χ0) is 19.0. The van der Waals surface area contributed by atoms with Gasteiger partial charge < -0.3 is 15.0 Å². The van der Waals surface area contributed by atoms with Gasteiger partial charge in [-0.2, -0.15) is 0 Å². The fourth-order valence-corrected chi connectivity index (χ4v) is 4.35. The minimum absolute atomic E-state index is 0.0449. The summed E-state index contributed by atoms with van der Waals surface area (Å²) in [5, 5.41) is 2.66. The van der Waals surface area contributed by atoms with Crippen LogP contribution in [0.1, 0.15) is 24.8 Å². The molecule has 3 saturated heterocycles. The summed E-state index contributed by atoms with van der Waals surface area (Å²) in [5.74, 6) is -1.69. The van der Waals surface area contributed by atoms with E-state index < -0.39 is 11.6 Å². The van der Waals surface area contributed by atoms with Crippen molar-refractivity contribution in [3.8, 4) is 0 Å². The molecular formula is C19H23F2N3O3. The van der Waals surface area contributed by atoms with Gasteiger partial charge in [-0.1, -0.05) is 6.07 Å². The molecule has 3 heterocycles. The van der Waals surface area contributed by atoms with Crippen LogP contribution in [-0.4, -0.2) is 60.6 Å². The maximum Gasteiger partial charge on any atom is 0.407 e. The number of likely N-dealkylation sites (tertiary alicyclic amines) is 2. The molecule has 3 aliphatic rings. The summed E-state index contributed by atoms with van der Waals surface area (Å²) in [7, 11) is 0. The highest BCUT2D eigenvalue weighted by atomic mass is 19.2. The molecule has 0 saturated carbocycles. The first-order chi connectivity index (χ1) is 12.9. The number of rotatable bonds is 4. The third-order valence-electron chi connectivity index (χ3n) is 5.89. The summed E-state index contributed by atoms with van der Waals surface area (Å²) in [6.45, 7) is 3.94. The number of halogens is 2. The quantitative estimate of drug-likeness (QED) is 0.868. The third-order valence-corrected chi connectivity index (χ3v) is 5.89. The van der Waals surface area contributed by atoms with E-state index in [1.54, 1.807) is 4.90 Å². The lowest BCUT2D eigenvalue weighted by Gasteiger charge is -2.39. The van der Waals surface area contributed by atoms with Crippen LogP contribution in [-0.2, 0) is 16.1 Å². The van der Waals surface area contributed by atoms with Crippen LogP contribution in [0.2, 0.25) is 0 Å². The number of ether oxygens (including phenoxy) is 1. The molecule has 0 aromatic heterocycles. The number of amides is 2. The van der Waals surface area contributed by atoms with E-state index in [0.29, 0.717) is 38.2 Å². The second-order valence-corrected chi connectivity index (χ2v) is 7.88. The predicted octanol–water partition coefficient (Wildman–Crippen LogP) is 1.89. The van der Waals surface area contributed by atoms with E-state index in [1.165, 1.54) is 6.07 Å². The number of alkyl carbamates (subject to hydrolysis) is 1. The Labute approximate surface area is 156 Å². The number of nitrogens with zero attached hydrogens (tertiary/aromatic N) is 2. The smallest absolute Gasteiger partial charge is 0.407 e. The molecule has 1 aromatic rings. The zero-order valence-corrected chi connectivity index (χ0v) is 15.0. The van der Waals surface area contributed by atoms with Gasteiger partial charge in [0.25, 0.3) is 0 Å². The zero-order valence-electron chi connectivity index (χ0n) is 15.0. The molecular weight excluding hydrogens is 356 g/mol. The van der Waals surface area contributed by atoms with Crippen LogP contribution < -0.4 is 5.32 Å². The first kappa shape index (κ1) is 18.2. The molecule has 2 amide bonds. The maximum atomic E-state index is 13.4. The number of piperidine rings is 1. The molecule has 0 radical (unpaired) electrons. The molecule has 4 rings (SSSR count). The Hall–Kier alpha value is -2.22. The topological polar surface area (TPSA) is 61.9 Å². The Morgan fingerprint density at radius 1 is 1.19 bits per heavy atom. The first-order valence-corrected chi connectivity index (χ1v) is 9.31. The highest BCUT2D eigenvalue weighted by Crippen LogP contribution is 2.41. The second-order valence-electron chi connectivity index (χ2n) is 7.88. The van der Waals surface area contributed by atoms with Crippen LogP contribution in [0.3, 0.4) is 0 Å². The van der Waals surface area contributed by atoms with Gasteiger partial charge in [0.2, 0.25) is 5.91 Å². The average Bonchev–Trinajstić information content (AvgIpc) is 3.17. The Morgan fingerprint density at radius 2 is 1.96 bits per heavy atom. The normalized spacial score (nSPS) is 25.1. The van der Waals surface area contributed by atoms with E-state index in [1.807, 2.05) is 0 Å². The monoisotopic (exact) mass is 379 g/mol. The van der Waals surface area contributed by atoms with Crippen molar-refractivity contribution in [3.05, 3.63) is 35.4 Å². The van der Waals surface area contributed by atoms with E-state index in [4.69, 9.17) is 4.74 Å². The molecule has 0 bridgehead atoms. The van der Waals surface area contributed by atoms with Crippen LogP contribution in [0.5, 0.6) is 0 Å². The van der Waals surface area contributed by atoms with Gasteiger partial charge in [0.05, 0.1) is 6.54 Å². The molecule has 1 atom stereocenters. The Kier molecular flexibility index (Phi) is 4.75. The van der Waals surface area contributed by atoms with Gasteiger partial charge in [-0.3, -0.25) is 9.69 Å². The van der Waals surface area contributed by atoms with Crippen LogP contribution in [0.4, 0.5) is 13.6 Å². The lowest BCUT2D eigenvalue weighted by Crippen LogP contribution is -2.44. The van der Waals surface area contributed by atoms with Crippen LogP contribution in [0.15, 0.2) is 18.2 Å². The van der Waals surface area contributed by atoms with E-state index in [2.05, 4.69) is 10.2 Å². The molecule has 0 unspecified atom stereocenters. The maximum absolute atomic E-state index is 13.4. The summed E-state index contributed by atoms with van der Waals surface area (Å²) in [6, 6.07) is 3.79. The number of hydrogen-bond donors (Lipinski definition) is 1. The van der Waals surface area contributed by atoms with Crippen molar-refractivity contribution in [2.24, 2.45) is 5.41 Å². The van der Waals surface area contributed by atoms with Crippen molar-refractivity contribution in [3.63, 3.8) is 0 Å². The molecule has 1 spiro atoms. The molecule has 1 N–H and O–H groups in total. The molecule has 3 aliphatic heterocycles. The van der Waals surface area contributed by atoms with Gasteiger partial charge in [-0.25, -0.2) is 13.6 Å². The van der Waals surface area contributed by atoms with Crippen LogP contribution >= 0.6 is 0 Å². The third kappa shape index (κ3) is 3.90. The number of hydrogen-bond acceptors (Lipinski definition) is 4. The van der Waals surface area contributed by atoms with E-state index in [9.17, 15) is 18.4 Å². The van der Waals surface area contributed by atoms with Gasteiger partial charge in [-0.15, -0.1) is 0 Å². The number of nitrogens with one attached hydrogen (secondary N) is 1. The lowest BCUT2D eigenvalue weighted by molar-refractivity contribution is -0.128. The average molecular weight is 379 g/mol. The molecule has 1 aromatic carbocycles. The van der Waals surface area contributed by atoms with Crippen molar-refractivity contribution in [2.75, 3.05) is 32.7 Å². The summed E-state index contributed by atoms with van der Waals surface area (Å²) >= 11 is 0. The van der Waals surface area contributed by atoms with Crippen molar-refractivity contribution < 1.29 is 23.1 Å². The number of carbonyl (C=O) groups excluding carboxylic acids is 2. The van der Waals surface area contributed by atoms with Gasteiger partial charge in [0, 0.05) is 26.1 Å². The SMILES string of the molecule is O=C1NC[C@H](CN2CCC3(CC2)CC(=O)N(Cc2ccc(F)c(F)c2)C3)O1. The molecule has 3 fully saturated rings. The molecule has 6 nitrogen and oxygen atoms in total. The minimum Gasteiger partial charge on any atom is -0.443 e. The molecule has 146 valence electrons. The number of carbonyl (C=O) groups is 2. The summed E-state index contributed by atoms with van der Waals surface area (Å²) < 4.78 is 31.7. The second kappa shape index (κ2) is 7.07. The van der Waals surface area contributed by atoms with Crippen molar-refractivity contribution in [1.29, 1.82) is 0 Å². The summed E-state index contributed by atoms with van der Waals surface area (Å²) in [6.07, 6.45) is 1.84. The van der Waals surface area contributed by atoms with E-state index in [-0.39, 0.29) is 23.5 Å². The largest absolute Gasteiger partial charge is 0.443 e. The predicted molar refractivity (Wildman–Crippen MR) is 92.8 cm³/mol. The first-order valence-electron chi connectivity index (χ1n) is 9.31. The molecule has 0 aliphatic carbocycles. The number of benzene rings is 1. The Bertz CT molecular complexity index is 750. The van der Waals surface area contributed by atoms with Crippen molar-refractivity contribution in [2.45, 2.75) is 31.9 Å².